The van der Waals surface area contributed by atoms with Gasteiger partial charge in [0.1, 0.15) is 0 Å². The van der Waals surface area contributed by atoms with Crippen LogP contribution >= 0.6 is 0 Å². The third kappa shape index (κ3) is 4.20. The first-order valence-electron chi connectivity index (χ1n) is 7.95. The molecular weight excluding hydrogens is 266 g/mol. The number of nitrogen functional groups attached to an aromatic ring is 1. The molecular formula is C15H27N5O. The average molecular weight is 293 g/mol. The van der Waals surface area contributed by atoms with E-state index in [2.05, 4.69) is 34.3 Å². The Balaban J connectivity index is 1.80. The van der Waals surface area contributed by atoms with Crippen LogP contribution in [0.25, 0.3) is 0 Å². The molecule has 1 aliphatic heterocycles. The molecule has 1 fully saturated rings. The Bertz CT molecular complexity index is 465. The van der Waals surface area contributed by atoms with Crippen LogP contribution in [0.15, 0.2) is 0 Å². The molecule has 2 heterocycles. The normalized spacial score (nSPS) is 17.0. The van der Waals surface area contributed by atoms with Crippen molar-refractivity contribution in [3.8, 4) is 0 Å². The predicted octanol–water partition coefficient (Wildman–Crippen LogP) is 1.41. The zero-order valence-corrected chi connectivity index (χ0v) is 13.1. The molecule has 0 spiro atoms. The summed E-state index contributed by atoms with van der Waals surface area (Å²) in [5.74, 6) is 0.252. The number of anilines is 1. The number of amides is 1. The number of nitrogens with two attached hydrogens (primary N) is 1. The van der Waals surface area contributed by atoms with Crippen molar-refractivity contribution < 1.29 is 4.79 Å². The lowest BCUT2D eigenvalue weighted by atomic mass is 10.1. The second-order valence-corrected chi connectivity index (χ2v) is 6.04. The minimum Gasteiger partial charge on any atom is -0.395 e. The summed E-state index contributed by atoms with van der Waals surface area (Å²) in [6, 6.07) is 0. The number of carbonyl (C=O) groups is 1. The number of likely N-dealkylation sites (tertiary alicyclic amines) is 1. The maximum atomic E-state index is 12.1. The largest absolute Gasteiger partial charge is 0.395 e. The average Bonchev–Trinajstić information content (AvgIpc) is 3.08. The van der Waals surface area contributed by atoms with Crippen LogP contribution in [0.5, 0.6) is 0 Å². The molecule has 4 N–H and O–H groups in total. The number of aryl methyl sites for hydroxylation is 1. The molecule has 1 atom stereocenters. The van der Waals surface area contributed by atoms with Gasteiger partial charge in [-0.1, -0.05) is 20.3 Å². The van der Waals surface area contributed by atoms with E-state index in [1.165, 1.54) is 25.9 Å². The number of carbonyl (C=O) groups excluding carboxylic acids is 1. The number of aromatic amines is 1. The maximum Gasteiger partial charge on any atom is 0.273 e. The van der Waals surface area contributed by atoms with E-state index in [0.717, 1.165) is 25.1 Å². The van der Waals surface area contributed by atoms with Crippen LogP contribution in [0.2, 0.25) is 0 Å². The van der Waals surface area contributed by atoms with Crippen molar-refractivity contribution >= 4 is 11.6 Å². The van der Waals surface area contributed by atoms with Crippen LogP contribution in [0, 0.1) is 5.92 Å². The number of nitrogens with one attached hydrogen (secondary N) is 2. The standard InChI is InChI=1S/C15H27N5O/c1-3-6-12-13(16)14(19-18-12)15(21)17-9-11(2)10-20-7-4-5-8-20/h11H,3-10,16H2,1-2H3,(H,17,21)(H,18,19). The van der Waals surface area contributed by atoms with E-state index in [9.17, 15) is 4.79 Å². The van der Waals surface area contributed by atoms with Crippen LogP contribution < -0.4 is 11.1 Å². The lowest BCUT2D eigenvalue weighted by Gasteiger charge is -2.20. The Morgan fingerprint density at radius 2 is 2.19 bits per heavy atom. The summed E-state index contributed by atoms with van der Waals surface area (Å²) in [6.45, 7) is 8.30. The first-order chi connectivity index (χ1) is 10.1. The molecule has 0 bridgehead atoms. The number of hydrogen-bond acceptors (Lipinski definition) is 4. The molecule has 1 amide bonds. The minimum atomic E-state index is -0.181. The Labute approximate surface area is 126 Å². The lowest BCUT2D eigenvalue weighted by molar-refractivity contribution is 0.0941. The van der Waals surface area contributed by atoms with Crippen molar-refractivity contribution in [3.63, 3.8) is 0 Å². The summed E-state index contributed by atoms with van der Waals surface area (Å²) in [5, 5.41) is 9.84. The van der Waals surface area contributed by atoms with Gasteiger partial charge in [0.25, 0.3) is 5.91 Å². The molecule has 6 heteroatoms. The van der Waals surface area contributed by atoms with Gasteiger partial charge in [-0.05, 0) is 38.3 Å². The van der Waals surface area contributed by atoms with E-state index in [1.54, 1.807) is 0 Å². The van der Waals surface area contributed by atoms with Gasteiger partial charge < -0.3 is 16.0 Å². The summed E-state index contributed by atoms with van der Waals surface area (Å²) < 4.78 is 0. The van der Waals surface area contributed by atoms with Crippen LogP contribution in [0.1, 0.15) is 49.3 Å². The predicted molar refractivity (Wildman–Crippen MR) is 84.2 cm³/mol. The first kappa shape index (κ1) is 15.8. The Morgan fingerprint density at radius 1 is 1.48 bits per heavy atom. The number of H-pyrrole nitrogens is 1. The minimum absolute atomic E-state index is 0.181. The van der Waals surface area contributed by atoms with Crippen LogP contribution in [-0.4, -0.2) is 47.2 Å². The summed E-state index contributed by atoms with van der Waals surface area (Å²) in [6.07, 6.45) is 4.38. The lowest BCUT2D eigenvalue weighted by Crippen LogP contribution is -2.34. The molecule has 1 aliphatic rings. The van der Waals surface area contributed by atoms with E-state index in [4.69, 9.17) is 5.73 Å². The molecule has 1 saturated heterocycles. The van der Waals surface area contributed by atoms with E-state index >= 15 is 0 Å². The number of hydrogen-bond donors (Lipinski definition) is 3. The molecule has 21 heavy (non-hydrogen) atoms. The molecule has 118 valence electrons. The molecule has 6 nitrogen and oxygen atoms in total. The highest BCUT2D eigenvalue weighted by molar-refractivity contribution is 5.97. The fraction of sp³-hybridized carbons (Fsp3) is 0.733. The summed E-state index contributed by atoms with van der Waals surface area (Å²) in [4.78, 5) is 14.6. The first-order valence-corrected chi connectivity index (χ1v) is 7.95. The van der Waals surface area contributed by atoms with Crippen LogP contribution in [-0.2, 0) is 6.42 Å². The number of aromatic nitrogens is 2. The van der Waals surface area contributed by atoms with Gasteiger partial charge in [0, 0.05) is 13.1 Å². The summed E-state index contributed by atoms with van der Waals surface area (Å²) in [5.41, 5.74) is 7.63. The van der Waals surface area contributed by atoms with Crippen molar-refractivity contribution in [1.29, 1.82) is 0 Å². The second kappa shape index (κ2) is 7.45. The smallest absolute Gasteiger partial charge is 0.273 e. The van der Waals surface area contributed by atoms with Gasteiger partial charge in [-0.3, -0.25) is 9.89 Å². The van der Waals surface area contributed by atoms with Crippen molar-refractivity contribution in [1.82, 2.24) is 20.4 Å². The van der Waals surface area contributed by atoms with Gasteiger partial charge in [0.15, 0.2) is 5.69 Å². The van der Waals surface area contributed by atoms with E-state index in [1.807, 2.05) is 0 Å². The second-order valence-electron chi connectivity index (χ2n) is 6.04. The van der Waals surface area contributed by atoms with Gasteiger partial charge in [0.2, 0.25) is 0 Å². The summed E-state index contributed by atoms with van der Waals surface area (Å²) in [7, 11) is 0. The monoisotopic (exact) mass is 293 g/mol. The molecule has 1 aromatic rings. The quantitative estimate of drug-likeness (QED) is 0.709. The van der Waals surface area contributed by atoms with Gasteiger partial charge >= 0.3 is 0 Å². The van der Waals surface area contributed by atoms with Crippen molar-refractivity contribution in [2.75, 3.05) is 31.9 Å². The molecule has 0 aromatic carbocycles. The van der Waals surface area contributed by atoms with Gasteiger partial charge in [-0.15, -0.1) is 0 Å². The van der Waals surface area contributed by atoms with Crippen molar-refractivity contribution in [2.24, 2.45) is 5.92 Å². The summed E-state index contributed by atoms with van der Waals surface area (Å²) >= 11 is 0. The molecule has 0 radical (unpaired) electrons. The molecule has 0 aliphatic carbocycles. The van der Waals surface area contributed by atoms with Gasteiger partial charge in [0.05, 0.1) is 11.4 Å². The fourth-order valence-corrected chi connectivity index (χ4v) is 2.82. The zero-order valence-electron chi connectivity index (χ0n) is 13.1. The van der Waals surface area contributed by atoms with Gasteiger partial charge in [-0.2, -0.15) is 5.10 Å². The van der Waals surface area contributed by atoms with E-state index < -0.39 is 0 Å². The molecule has 1 aromatic heterocycles. The SMILES string of the molecule is CCCc1[nH]nc(C(=O)NCC(C)CN2CCCC2)c1N. The maximum absolute atomic E-state index is 12.1. The van der Waals surface area contributed by atoms with E-state index in [0.29, 0.717) is 23.8 Å². The van der Waals surface area contributed by atoms with Gasteiger partial charge in [-0.25, -0.2) is 0 Å². The van der Waals surface area contributed by atoms with Crippen LogP contribution in [0.3, 0.4) is 0 Å². The van der Waals surface area contributed by atoms with Crippen molar-refractivity contribution in [3.05, 3.63) is 11.4 Å². The third-order valence-electron chi connectivity index (χ3n) is 3.98. The Morgan fingerprint density at radius 3 is 2.86 bits per heavy atom. The topological polar surface area (TPSA) is 87.0 Å². The van der Waals surface area contributed by atoms with E-state index in [-0.39, 0.29) is 5.91 Å². The molecule has 0 saturated carbocycles. The van der Waals surface area contributed by atoms with Crippen LogP contribution in [0.4, 0.5) is 5.69 Å². The Hall–Kier alpha value is -1.56. The number of rotatable bonds is 7. The highest BCUT2D eigenvalue weighted by atomic mass is 16.1. The third-order valence-corrected chi connectivity index (χ3v) is 3.98. The zero-order chi connectivity index (χ0) is 15.2. The Kier molecular flexibility index (Phi) is 5.61. The van der Waals surface area contributed by atoms with Crippen molar-refractivity contribution in [2.45, 2.75) is 39.5 Å². The molecule has 1 unspecified atom stereocenters. The fourth-order valence-electron chi connectivity index (χ4n) is 2.82. The highest BCUT2D eigenvalue weighted by Crippen LogP contribution is 2.15. The number of nitrogens with zero attached hydrogens (tertiary/aromatic N) is 2. The molecule has 2 rings (SSSR count). The highest BCUT2D eigenvalue weighted by Gasteiger charge is 2.19.